The molecule has 3 rings (SSSR count). The van der Waals surface area contributed by atoms with Crippen LogP contribution in [0, 0.1) is 0 Å². The number of benzene rings is 3. The van der Waals surface area contributed by atoms with Crippen molar-refractivity contribution in [3.05, 3.63) is 90.0 Å². The lowest BCUT2D eigenvalue weighted by Crippen LogP contribution is -2.31. The SMILES string of the molecule is CCN(c1ccccc1)S(=O)(=O)c1cccc(C(=O)Nc2ccccc2C(=O)NC(C)C)c1. The summed E-state index contributed by atoms with van der Waals surface area (Å²) in [7, 11) is -3.88. The summed E-state index contributed by atoms with van der Waals surface area (Å²) in [5, 5.41) is 5.53. The molecule has 0 fully saturated rings. The Morgan fingerprint density at radius 2 is 1.55 bits per heavy atom. The van der Waals surface area contributed by atoms with Gasteiger partial charge in [-0.25, -0.2) is 8.42 Å². The number of para-hydroxylation sites is 2. The highest BCUT2D eigenvalue weighted by atomic mass is 32.2. The summed E-state index contributed by atoms with van der Waals surface area (Å²) in [4.78, 5) is 25.4. The standard InChI is InChI=1S/C25H27N3O4S/c1-4-28(20-12-6-5-7-13-20)33(31,32)21-14-10-11-19(17-21)24(29)27-23-16-9-8-15-22(23)25(30)26-18(2)3/h5-18H,4H2,1-3H3,(H,26,30)(H,27,29). The van der Waals surface area contributed by atoms with E-state index >= 15 is 0 Å². The molecule has 2 N–H and O–H groups in total. The van der Waals surface area contributed by atoms with Crippen LogP contribution in [0.1, 0.15) is 41.5 Å². The van der Waals surface area contributed by atoms with E-state index in [4.69, 9.17) is 0 Å². The normalized spacial score (nSPS) is 11.2. The lowest BCUT2D eigenvalue weighted by atomic mass is 10.1. The molecule has 3 aromatic rings. The molecule has 0 heterocycles. The average Bonchev–Trinajstić information content (AvgIpc) is 2.80. The van der Waals surface area contributed by atoms with Crippen LogP contribution < -0.4 is 14.9 Å². The summed E-state index contributed by atoms with van der Waals surface area (Å²) in [6.45, 7) is 5.68. The van der Waals surface area contributed by atoms with Gasteiger partial charge in [-0.3, -0.25) is 13.9 Å². The van der Waals surface area contributed by atoms with E-state index in [1.165, 1.54) is 28.6 Å². The summed E-state index contributed by atoms with van der Waals surface area (Å²) in [5.74, 6) is -0.821. The minimum atomic E-state index is -3.88. The number of nitrogens with zero attached hydrogens (tertiary/aromatic N) is 1. The molecule has 2 amide bonds. The molecule has 0 spiro atoms. The molecule has 33 heavy (non-hydrogen) atoms. The second-order valence-corrected chi connectivity index (χ2v) is 9.52. The van der Waals surface area contributed by atoms with E-state index in [1.54, 1.807) is 55.5 Å². The Hall–Kier alpha value is -3.65. The Labute approximate surface area is 194 Å². The fourth-order valence-corrected chi connectivity index (χ4v) is 4.86. The quantitative estimate of drug-likeness (QED) is 0.519. The predicted octanol–water partition coefficient (Wildman–Crippen LogP) is 4.29. The lowest BCUT2D eigenvalue weighted by Gasteiger charge is -2.23. The molecular weight excluding hydrogens is 438 g/mol. The first-order chi connectivity index (χ1) is 15.7. The number of nitrogens with one attached hydrogen (secondary N) is 2. The van der Waals surface area contributed by atoms with Crippen LogP contribution in [0.25, 0.3) is 0 Å². The number of hydrogen-bond donors (Lipinski definition) is 2. The zero-order valence-electron chi connectivity index (χ0n) is 18.8. The van der Waals surface area contributed by atoms with E-state index in [-0.39, 0.29) is 29.0 Å². The van der Waals surface area contributed by atoms with Crippen LogP contribution in [0.15, 0.2) is 83.8 Å². The van der Waals surface area contributed by atoms with Crippen LogP contribution in [0.4, 0.5) is 11.4 Å². The topological polar surface area (TPSA) is 95.6 Å². The van der Waals surface area contributed by atoms with Gasteiger partial charge in [0.25, 0.3) is 21.8 Å². The summed E-state index contributed by atoms with van der Waals surface area (Å²) in [6.07, 6.45) is 0. The monoisotopic (exact) mass is 465 g/mol. The molecule has 0 bridgehead atoms. The molecule has 0 aliphatic carbocycles. The molecule has 0 aliphatic heterocycles. The van der Waals surface area contributed by atoms with E-state index in [0.29, 0.717) is 16.9 Å². The molecule has 8 heteroatoms. The zero-order valence-corrected chi connectivity index (χ0v) is 19.6. The number of anilines is 2. The van der Waals surface area contributed by atoms with Crippen LogP contribution in [0.5, 0.6) is 0 Å². The molecule has 0 aromatic heterocycles. The molecule has 0 unspecified atom stereocenters. The second kappa shape index (κ2) is 10.3. The van der Waals surface area contributed by atoms with E-state index < -0.39 is 15.9 Å². The first kappa shape index (κ1) is 24.0. The van der Waals surface area contributed by atoms with Crippen molar-refractivity contribution in [2.24, 2.45) is 0 Å². The molecule has 7 nitrogen and oxygen atoms in total. The van der Waals surface area contributed by atoms with Gasteiger partial charge in [-0.05, 0) is 63.2 Å². The summed E-state index contributed by atoms with van der Waals surface area (Å²) in [5.41, 5.74) is 1.37. The van der Waals surface area contributed by atoms with Crippen molar-refractivity contribution in [1.29, 1.82) is 0 Å². The Kier molecular flexibility index (Phi) is 7.50. The number of sulfonamides is 1. The molecule has 0 radical (unpaired) electrons. The highest BCUT2D eigenvalue weighted by Gasteiger charge is 2.24. The molecular formula is C25H27N3O4S. The first-order valence-electron chi connectivity index (χ1n) is 10.6. The summed E-state index contributed by atoms with van der Waals surface area (Å²) >= 11 is 0. The summed E-state index contributed by atoms with van der Waals surface area (Å²) < 4.78 is 27.9. The third kappa shape index (κ3) is 5.59. The van der Waals surface area contributed by atoms with Gasteiger partial charge >= 0.3 is 0 Å². The molecule has 0 saturated carbocycles. The molecule has 0 atom stereocenters. The minimum Gasteiger partial charge on any atom is -0.350 e. The van der Waals surface area contributed by atoms with Gasteiger partial charge in [-0.2, -0.15) is 0 Å². The van der Waals surface area contributed by atoms with Crippen LogP contribution in [0.3, 0.4) is 0 Å². The Morgan fingerprint density at radius 3 is 2.21 bits per heavy atom. The van der Waals surface area contributed by atoms with Gasteiger partial charge < -0.3 is 10.6 Å². The van der Waals surface area contributed by atoms with Crippen LogP contribution >= 0.6 is 0 Å². The minimum absolute atomic E-state index is 0.00619. The van der Waals surface area contributed by atoms with E-state index in [0.717, 1.165) is 0 Å². The van der Waals surface area contributed by atoms with Crippen molar-refractivity contribution in [2.75, 3.05) is 16.2 Å². The maximum Gasteiger partial charge on any atom is 0.264 e. The van der Waals surface area contributed by atoms with Gasteiger partial charge in [0, 0.05) is 18.2 Å². The maximum absolute atomic E-state index is 13.3. The fraction of sp³-hybridized carbons (Fsp3) is 0.200. The molecule has 0 aliphatic rings. The number of rotatable bonds is 8. The number of carbonyl (C=O) groups is 2. The van der Waals surface area contributed by atoms with Crippen molar-refractivity contribution < 1.29 is 18.0 Å². The van der Waals surface area contributed by atoms with Gasteiger partial charge in [0.05, 0.1) is 21.8 Å². The Bertz CT molecular complexity index is 1240. The van der Waals surface area contributed by atoms with Crippen molar-refractivity contribution in [1.82, 2.24) is 5.32 Å². The van der Waals surface area contributed by atoms with Crippen molar-refractivity contribution >= 4 is 33.2 Å². The average molecular weight is 466 g/mol. The van der Waals surface area contributed by atoms with Crippen molar-refractivity contribution in [2.45, 2.75) is 31.7 Å². The zero-order chi connectivity index (χ0) is 24.0. The first-order valence-corrected chi connectivity index (χ1v) is 12.1. The lowest BCUT2D eigenvalue weighted by molar-refractivity contribution is 0.0944. The van der Waals surface area contributed by atoms with E-state index in [1.807, 2.05) is 19.9 Å². The smallest absolute Gasteiger partial charge is 0.264 e. The fourth-order valence-electron chi connectivity index (χ4n) is 3.34. The van der Waals surface area contributed by atoms with Gasteiger partial charge in [-0.1, -0.05) is 36.4 Å². The van der Waals surface area contributed by atoms with Crippen LogP contribution in [0.2, 0.25) is 0 Å². The van der Waals surface area contributed by atoms with E-state index in [9.17, 15) is 18.0 Å². The molecule has 0 saturated heterocycles. The molecule has 172 valence electrons. The van der Waals surface area contributed by atoms with Crippen molar-refractivity contribution in [3.8, 4) is 0 Å². The van der Waals surface area contributed by atoms with Gasteiger partial charge in [0.2, 0.25) is 0 Å². The van der Waals surface area contributed by atoms with Crippen molar-refractivity contribution in [3.63, 3.8) is 0 Å². The number of hydrogen-bond acceptors (Lipinski definition) is 4. The predicted molar refractivity (Wildman–Crippen MR) is 130 cm³/mol. The highest BCUT2D eigenvalue weighted by molar-refractivity contribution is 7.92. The second-order valence-electron chi connectivity index (χ2n) is 7.66. The Balaban J connectivity index is 1.89. The Morgan fingerprint density at radius 1 is 0.879 bits per heavy atom. The third-order valence-corrected chi connectivity index (χ3v) is 6.75. The van der Waals surface area contributed by atoms with Crippen LogP contribution in [-0.4, -0.2) is 32.8 Å². The van der Waals surface area contributed by atoms with E-state index in [2.05, 4.69) is 10.6 Å². The molecule has 3 aromatic carbocycles. The van der Waals surface area contributed by atoms with Crippen LogP contribution in [-0.2, 0) is 10.0 Å². The number of amides is 2. The summed E-state index contributed by atoms with van der Waals surface area (Å²) in [6, 6.07) is 21.2. The van der Waals surface area contributed by atoms with Gasteiger partial charge in [0.15, 0.2) is 0 Å². The largest absolute Gasteiger partial charge is 0.350 e. The number of carbonyl (C=O) groups excluding carboxylic acids is 2. The van der Waals surface area contributed by atoms with Gasteiger partial charge in [-0.15, -0.1) is 0 Å². The highest BCUT2D eigenvalue weighted by Crippen LogP contribution is 2.24. The van der Waals surface area contributed by atoms with Gasteiger partial charge in [0.1, 0.15) is 0 Å². The third-order valence-electron chi connectivity index (χ3n) is 4.86. The maximum atomic E-state index is 13.3.